The molecule has 0 fully saturated rings. The third kappa shape index (κ3) is 6.81. The minimum Gasteiger partial charge on any atom is -0.458 e. The number of esters is 1. The first-order valence-electron chi connectivity index (χ1n) is 5.90. The molecule has 0 amide bonds. The van der Waals surface area contributed by atoms with E-state index in [1.165, 1.54) is 0 Å². The normalized spacial score (nSPS) is 18.5. The highest BCUT2D eigenvalue weighted by atomic mass is 16.6. The zero-order chi connectivity index (χ0) is 15.2. The summed E-state index contributed by atoms with van der Waals surface area (Å²) in [5, 5.41) is 45.9. The number of carbonyl (C=O) groups excluding carboxylic acids is 1. The van der Waals surface area contributed by atoms with E-state index in [9.17, 15) is 20.1 Å². The lowest BCUT2D eigenvalue weighted by molar-refractivity contribution is -0.870. The molecule has 8 nitrogen and oxygen atoms in total. The molecule has 0 aromatic heterocycles. The van der Waals surface area contributed by atoms with E-state index in [4.69, 9.17) is 14.9 Å². The first-order chi connectivity index (χ1) is 8.60. The Morgan fingerprint density at radius 2 is 1.63 bits per heavy atom. The van der Waals surface area contributed by atoms with E-state index in [1.807, 2.05) is 21.1 Å². The van der Waals surface area contributed by atoms with E-state index in [-0.39, 0.29) is 6.61 Å². The van der Waals surface area contributed by atoms with Crippen molar-refractivity contribution in [3.8, 4) is 0 Å². The summed E-state index contributed by atoms with van der Waals surface area (Å²) < 4.78 is 5.30. The SMILES string of the molecule is C[N+](C)(C)CCOC(=O)[C@H](O)[C@@H](O)[C@H](O)[C@H](O)CO. The molecule has 0 saturated heterocycles. The molecule has 4 atom stereocenters. The number of rotatable bonds is 8. The number of aliphatic hydroxyl groups is 5. The molecule has 0 heterocycles. The van der Waals surface area contributed by atoms with Crippen LogP contribution >= 0.6 is 0 Å². The van der Waals surface area contributed by atoms with E-state index in [1.54, 1.807) is 0 Å². The molecule has 0 spiro atoms. The summed E-state index contributed by atoms with van der Waals surface area (Å²) in [6.07, 6.45) is -7.41. The molecule has 114 valence electrons. The van der Waals surface area contributed by atoms with Crippen LogP contribution in [0.1, 0.15) is 0 Å². The minimum atomic E-state index is -1.98. The van der Waals surface area contributed by atoms with Crippen LogP contribution in [-0.2, 0) is 9.53 Å². The molecule has 0 aromatic rings. The van der Waals surface area contributed by atoms with Crippen LogP contribution in [0.2, 0.25) is 0 Å². The summed E-state index contributed by atoms with van der Waals surface area (Å²) in [4.78, 5) is 11.4. The zero-order valence-corrected chi connectivity index (χ0v) is 11.4. The van der Waals surface area contributed by atoms with Gasteiger partial charge in [0.1, 0.15) is 31.5 Å². The van der Waals surface area contributed by atoms with Gasteiger partial charge < -0.3 is 34.8 Å². The zero-order valence-electron chi connectivity index (χ0n) is 11.4. The van der Waals surface area contributed by atoms with Crippen molar-refractivity contribution in [2.75, 3.05) is 40.9 Å². The number of ether oxygens (including phenoxy) is 1. The van der Waals surface area contributed by atoms with Gasteiger partial charge in [0.25, 0.3) is 0 Å². The molecule has 0 rings (SSSR count). The smallest absolute Gasteiger partial charge is 0.338 e. The number of hydrogen-bond acceptors (Lipinski definition) is 7. The van der Waals surface area contributed by atoms with Gasteiger partial charge in [-0.2, -0.15) is 0 Å². The Kier molecular flexibility index (Phi) is 7.42. The largest absolute Gasteiger partial charge is 0.458 e. The van der Waals surface area contributed by atoms with Crippen molar-refractivity contribution in [1.82, 2.24) is 0 Å². The third-order valence-electron chi connectivity index (χ3n) is 2.50. The second kappa shape index (κ2) is 7.73. The molecular formula is C11H24NO7+. The lowest BCUT2D eigenvalue weighted by Gasteiger charge is -2.26. The van der Waals surface area contributed by atoms with Gasteiger partial charge in [-0.15, -0.1) is 0 Å². The molecule has 0 saturated carbocycles. The Bertz CT molecular complexity index is 279. The molecule has 8 heteroatoms. The van der Waals surface area contributed by atoms with Crippen LogP contribution in [0.3, 0.4) is 0 Å². The molecule has 5 N–H and O–H groups in total. The van der Waals surface area contributed by atoms with Crippen LogP contribution in [-0.4, -0.2) is 101 Å². The van der Waals surface area contributed by atoms with Crippen LogP contribution in [0.4, 0.5) is 0 Å². The molecule has 0 aliphatic rings. The molecule has 0 bridgehead atoms. The van der Waals surface area contributed by atoms with Gasteiger partial charge in [0.05, 0.1) is 27.7 Å². The van der Waals surface area contributed by atoms with Crippen molar-refractivity contribution in [1.29, 1.82) is 0 Å². The van der Waals surface area contributed by atoms with Crippen LogP contribution in [0.25, 0.3) is 0 Å². The van der Waals surface area contributed by atoms with Crippen molar-refractivity contribution in [2.24, 2.45) is 0 Å². The quantitative estimate of drug-likeness (QED) is 0.233. The highest BCUT2D eigenvalue weighted by Crippen LogP contribution is 2.06. The Labute approximate surface area is 112 Å². The maximum Gasteiger partial charge on any atom is 0.338 e. The van der Waals surface area contributed by atoms with E-state index in [0.717, 1.165) is 0 Å². The van der Waals surface area contributed by atoms with Crippen LogP contribution in [0.5, 0.6) is 0 Å². The number of likely N-dealkylation sites (N-methyl/N-ethyl adjacent to an activating group) is 1. The average molecular weight is 282 g/mol. The highest BCUT2D eigenvalue weighted by Gasteiger charge is 2.35. The Morgan fingerprint density at radius 3 is 2.05 bits per heavy atom. The number of quaternary nitrogens is 1. The molecule has 0 unspecified atom stereocenters. The van der Waals surface area contributed by atoms with Gasteiger partial charge in [0.2, 0.25) is 0 Å². The number of aliphatic hydroxyl groups excluding tert-OH is 5. The fourth-order valence-corrected chi connectivity index (χ4v) is 1.17. The fourth-order valence-electron chi connectivity index (χ4n) is 1.17. The number of nitrogens with zero attached hydrogens (tertiary/aromatic N) is 1. The summed E-state index contributed by atoms with van der Waals surface area (Å²) in [7, 11) is 5.67. The summed E-state index contributed by atoms with van der Waals surface area (Å²) in [5.74, 6) is -1.09. The molecule has 0 aromatic carbocycles. The first kappa shape index (κ1) is 18.2. The van der Waals surface area contributed by atoms with Crippen molar-refractivity contribution in [3.63, 3.8) is 0 Å². The van der Waals surface area contributed by atoms with Gasteiger partial charge >= 0.3 is 5.97 Å². The first-order valence-corrected chi connectivity index (χ1v) is 5.90. The van der Waals surface area contributed by atoms with Crippen molar-refractivity contribution in [2.45, 2.75) is 24.4 Å². The predicted octanol–water partition coefficient (Wildman–Crippen LogP) is -3.33. The maximum absolute atomic E-state index is 11.4. The standard InChI is InChI=1S/C11H24NO7/c1-12(2,3)4-5-19-11(18)10(17)9(16)8(15)7(14)6-13/h7-10,13-17H,4-6H2,1-3H3/q+1/t7-,8-,9+,10-/m1/s1. The lowest BCUT2D eigenvalue weighted by atomic mass is 10.0. The molecule has 0 radical (unpaired) electrons. The van der Waals surface area contributed by atoms with Gasteiger partial charge in [-0.1, -0.05) is 0 Å². The highest BCUT2D eigenvalue weighted by molar-refractivity contribution is 5.75. The average Bonchev–Trinajstić information content (AvgIpc) is 2.33. The predicted molar refractivity (Wildman–Crippen MR) is 65.0 cm³/mol. The van der Waals surface area contributed by atoms with E-state index < -0.39 is 37.0 Å². The Morgan fingerprint density at radius 1 is 1.11 bits per heavy atom. The summed E-state index contributed by atoms with van der Waals surface area (Å²) in [5.41, 5.74) is 0. The van der Waals surface area contributed by atoms with Crippen LogP contribution < -0.4 is 0 Å². The summed E-state index contributed by atoms with van der Waals surface area (Å²) >= 11 is 0. The number of carbonyl (C=O) groups is 1. The van der Waals surface area contributed by atoms with Gasteiger partial charge in [-0.25, -0.2) is 4.79 Å². The third-order valence-corrected chi connectivity index (χ3v) is 2.50. The minimum absolute atomic E-state index is 0.0464. The maximum atomic E-state index is 11.4. The van der Waals surface area contributed by atoms with Crippen molar-refractivity contribution >= 4 is 5.97 Å². The summed E-state index contributed by atoms with van der Waals surface area (Å²) in [6, 6.07) is 0. The van der Waals surface area contributed by atoms with Gasteiger partial charge in [0.15, 0.2) is 6.10 Å². The summed E-state index contributed by atoms with van der Waals surface area (Å²) in [6.45, 7) is -0.247. The van der Waals surface area contributed by atoms with Gasteiger partial charge in [-0.05, 0) is 0 Å². The molecule has 19 heavy (non-hydrogen) atoms. The van der Waals surface area contributed by atoms with E-state index >= 15 is 0 Å². The second-order valence-corrected chi connectivity index (χ2v) is 5.36. The van der Waals surface area contributed by atoms with Gasteiger partial charge in [-0.3, -0.25) is 0 Å². The van der Waals surface area contributed by atoms with Gasteiger partial charge in [0, 0.05) is 0 Å². The molecular weight excluding hydrogens is 258 g/mol. The Balaban J connectivity index is 4.25. The lowest BCUT2D eigenvalue weighted by Crippen LogP contribution is -2.49. The molecule has 0 aliphatic carbocycles. The van der Waals surface area contributed by atoms with Crippen molar-refractivity contribution < 1.29 is 39.5 Å². The number of hydrogen-bond donors (Lipinski definition) is 5. The van der Waals surface area contributed by atoms with E-state index in [0.29, 0.717) is 11.0 Å². The topological polar surface area (TPSA) is 127 Å². The second-order valence-electron chi connectivity index (χ2n) is 5.36. The monoisotopic (exact) mass is 282 g/mol. The van der Waals surface area contributed by atoms with Crippen LogP contribution in [0.15, 0.2) is 0 Å². The fraction of sp³-hybridized carbons (Fsp3) is 0.909. The van der Waals surface area contributed by atoms with E-state index in [2.05, 4.69) is 0 Å². The Hall–Kier alpha value is -0.770. The van der Waals surface area contributed by atoms with Crippen LogP contribution in [0, 0.1) is 0 Å². The molecule has 0 aliphatic heterocycles. The van der Waals surface area contributed by atoms with Crippen molar-refractivity contribution in [3.05, 3.63) is 0 Å².